The maximum atomic E-state index is 12.3. The van der Waals surface area contributed by atoms with Gasteiger partial charge in [-0.15, -0.1) is 0 Å². The average molecular weight is 334 g/mol. The fourth-order valence-corrected chi connectivity index (χ4v) is 2.53. The van der Waals surface area contributed by atoms with Crippen molar-refractivity contribution in [3.63, 3.8) is 0 Å². The molecule has 0 saturated carbocycles. The summed E-state index contributed by atoms with van der Waals surface area (Å²) in [5, 5.41) is 5.90. The Bertz CT molecular complexity index is 564. The second-order valence-corrected chi connectivity index (χ2v) is 7.55. The van der Waals surface area contributed by atoms with E-state index in [1.807, 2.05) is 46.0 Å². The largest absolute Gasteiger partial charge is 0.347 e. The fourth-order valence-electron chi connectivity index (χ4n) is 2.53. The van der Waals surface area contributed by atoms with Gasteiger partial charge >= 0.3 is 0 Å². The number of hydrogen-bond donors (Lipinski definition) is 3. The molecule has 0 fully saturated rings. The zero-order valence-electron chi connectivity index (χ0n) is 15.8. The summed E-state index contributed by atoms with van der Waals surface area (Å²) in [4.78, 5) is 25.1. The highest BCUT2D eigenvalue weighted by Gasteiger charge is 2.19. The Labute approximate surface area is 145 Å². The molecule has 24 heavy (non-hydrogen) atoms. The molecule has 0 radical (unpaired) electrons. The molecule has 1 unspecified atom stereocenters. The third-order valence-corrected chi connectivity index (χ3v) is 3.82. The Kier molecular flexibility index (Phi) is 7.42. The zero-order chi connectivity index (χ0) is 18.3. The van der Waals surface area contributed by atoms with Crippen LogP contribution < -0.4 is 15.5 Å². The summed E-state index contributed by atoms with van der Waals surface area (Å²) in [6.07, 6.45) is 1.02. The van der Waals surface area contributed by atoms with E-state index in [1.54, 1.807) is 0 Å². The monoisotopic (exact) mass is 334 g/mol. The van der Waals surface area contributed by atoms with Crippen molar-refractivity contribution in [2.45, 2.75) is 52.5 Å². The van der Waals surface area contributed by atoms with Crippen molar-refractivity contribution >= 4 is 17.5 Å². The second-order valence-electron chi connectivity index (χ2n) is 7.55. The summed E-state index contributed by atoms with van der Waals surface area (Å²) in [5.41, 5.74) is 1.76. The lowest BCUT2D eigenvalue weighted by molar-refractivity contribution is -0.862. The van der Waals surface area contributed by atoms with Gasteiger partial charge in [-0.05, 0) is 44.7 Å². The van der Waals surface area contributed by atoms with Crippen LogP contribution in [0, 0.1) is 0 Å². The van der Waals surface area contributed by atoms with E-state index in [4.69, 9.17) is 0 Å². The van der Waals surface area contributed by atoms with E-state index in [1.165, 1.54) is 0 Å². The molecule has 0 aliphatic heterocycles. The molecule has 2 atom stereocenters. The summed E-state index contributed by atoms with van der Waals surface area (Å²) in [5.74, 6) is 0.267. The lowest BCUT2D eigenvalue weighted by atomic mass is 9.97. The molecule has 2 amide bonds. The predicted octanol–water partition coefficient (Wildman–Crippen LogP) is 1.57. The topological polar surface area (TPSA) is 62.6 Å². The van der Waals surface area contributed by atoms with Crippen molar-refractivity contribution in [1.82, 2.24) is 5.32 Å². The number of quaternary nitrogens is 1. The molecule has 1 aromatic carbocycles. The van der Waals surface area contributed by atoms with Crippen molar-refractivity contribution in [2.75, 3.05) is 25.5 Å². The number of para-hydroxylation sites is 1. The highest BCUT2D eigenvalue weighted by Crippen LogP contribution is 2.26. The molecule has 1 rings (SSSR count). The lowest BCUT2D eigenvalue weighted by Gasteiger charge is -2.22. The van der Waals surface area contributed by atoms with Crippen LogP contribution in [0.25, 0.3) is 0 Å². The lowest BCUT2D eigenvalue weighted by Crippen LogP contribution is -3.11. The first kappa shape index (κ1) is 20.2. The highest BCUT2D eigenvalue weighted by molar-refractivity contribution is 5.92. The van der Waals surface area contributed by atoms with Crippen LogP contribution in [0.1, 0.15) is 52.5 Å². The van der Waals surface area contributed by atoms with Gasteiger partial charge in [0.15, 0.2) is 13.1 Å². The third kappa shape index (κ3) is 7.13. The number of carbonyl (C=O) groups excluding carboxylic acids is 2. The molecule has 3 N–H and O–H groups in total. The Morgan fingerprint density at radius 1 is 1.12 bits per heavy atom. The molecule has 0 aromatic heterocycles. The van der Waals surface area contributed by atoms with Crippen LogP contribution in [0.4, 0.5) is 5.69 Å². The molecule has 134 valence electrons. The summed E-state index contributed by atoms with van der Waals surface area (Å²) in [6.45, 7) is 10.6. The van der Waals surface area contributed by atoms with Crippen molar-refractivity contribution in [3.8, 4) is 0 Å². The van der Waals surface area contributed by atoms with Gasteiger partial charge in [0.2, 0.25) is 0 Å². The zero-order valence-corrected chi connectivity index (χ0v) is 15.8. The minimum absolute atomic E-state index is 0.0483. The number of nitrogens with one attached hydrogen (secondary N) is 3. The number of carbonyl (C=O) groups is 2. The first-order valence-electron chi connectivity index (χ1n) is 8.63. The van der Waals surface area contributed by atoms with Crippen LogP contribution in [0.5, 0.6) is 0 Å². The van der Waals surface area contributed by atoms with Crippen LogP contribution in [0.15, 0.2) is 24.3 Å². The van der Waals surface area contributed by atoms with Crippen LogP contribution in [0.3, 0.4) is 0 Å². The van der Waals surface area contributed by atoms with Gasteiger partial charge in [0.1, 0.15) is 0 Å². The van der Waals surface area contributed by atoms with Crippen LogP contribution in [-0.4, -0.2) is 37.5 Å². The predicted molar refractivity (Wildman–Crippen MR) is 98.3 cm³/mol. The molecule has 0 spiro atoms. The number of likely N-dealkylation sites (N-methyl/N-ethyl adjacent to an activating group) is 1. The molecule has 5 heteroatoms. The second kappa shape index (κ2) is 8.83. The quantitative estimate of drug-likeness (QED) is 0.709. The molecule has 0 bridgehead atoms. The maximum absolute atomic E-state index is 12.3. The van der Waals surface area contributed by atoms with E-state index in [-0.39, 0.29) is 30.4 Å². The van der Waals surface area contributed by atoms with Crippen molar-refractivity contribution in [1.29, 1.82) is 0 Å². The smallest absolute Gasteiger partial charge is 0.279 e. The minimum atomic E-state index is -0.255. The number of rotatable bonds is 7. The Morgan fingerprint density at radius 2 is 1.71 bits per heavy atom. The Morgan fingerprint density at radius 3 is 2.29 bits per heavy atom. The van der Waals surface area contributed by atoms with E-state index < -0.39 is 0 Å². The van der Waals surface area contributed by atoms with Gasteiger partial charge in [-0.2, -0.15) is 0 Å². The first-order valence-corrected chi connectivity index (χ1v) is 8.63. The first-order chi connectivity index (χ1) is 11.1. The molecule has 5 nitrogen and oxygen atoms in total. The molecule has 1 aromatic rings. The van der Waals surface area contributed by atoms with Crippen molar-refractivity contribution in [3.05, 3.63) is 29.8 Å². The molecular weight excluding hydrogens is 302 g/mol. The number of benzene rings is 1. The standard InChI is InChI=1S/C19H31N3O2/c1-7-14(2)15-10-8-9-11-16(15)20-17(23)12-22(6)13-18(24)21-19(3,4)5/h8-11,14H,7,12-13H2,1-6H3,(H,20,23)(H,21,24)/p+1/t14-/m0/s1. The SMILES string of the molecule is CC[C@H](C)c1ccccc1NC(=O)C[NH+](C)CC(=O)NC(C)(C)C. The van der Waals surface area contributed by atoms with Gasteiger partial charge in [-0.25, -0.2) is 0 Å². The van der Waals surface area contributed by atoms with Crippen LogP contribution in [-0.2, 0) is 9.59 Å². The molecular formula is C19H32N3O2+. The molecule has 0 aliphatic rings. The van der Waals surface area contributed by atoms with Crippen LogP contribution >= 0.6 is 0 Å². The van der Waals surface area contributed by atoms with E-state index >= 15 is 0 Å². The van der Waals surface area contributed by atoms with Gasteiger partial charge in [0, 0.05) is 11.2 Å². The van der Waals surface area contributed by atoms with Crippen molar-refractivity contribution in [2.24, 2.45) is 0 Å². The number of amides is 2. The average Bonchev–Trinajstić information content (AvgIpc) is 2.44. The molecule has 0 heterocycles. The Hall–Kier alpha value is -1.88. The van der Waals surface area contributed by atoms with Gasteiger partial charge in [-0.1, -0.05) is 32.0 Å². The summed E-state index contributed by atoms with van der Waals surface area (Å²) < 4.78 is 0. The molecule has 0 aliphatic carbocycles. The normalized spacial score (nSPS) is 13.9. The summed E-state index contributed by atoms with van der Waals surface area (Å²) in [7, 11) is 1.85. The number of hydrogen-bond acceptors (Lipinski definition) is 2. The Balaban J connectivity index is 2.59. The van der Waals surface area contributed by atoms with Gasteiger partial charge in [-0.3, -0.25) is 9.59 Å². The van der Waals surface area contributed by atoms with Gasteiger partial charge < -0.3 is 15.5 Å². The summed E-state index contributed by atoms with van der Waals surface area (Å²) in [6, 6.07) is 7.90. The highest BCUT2D eigenvalue weighted by atomic mass is 16.2. The summed E-state index contributed by atoms with van der Waals surface area (Å²) >= 11 is 0. The van der Waals surface area contributed by atoms with Crippen molar-refractivity contribution < 1.29 is 14.5 Å². The van der Waals surface area contributed by atoms with Crippen LogP contribution in [0.2, 0.25) is 0 Å². The van der Waals surface area contributed by atoms with E-state index in [9.17, 15) is 9.59 Å². The van der Waals surface area contributed by atoms with E-state index in [0.717, 1.165) is 22.6 Å². The van der Waals surface area contributed by atoms with Gasteiger partial charge in [0.25, 0.3) is 11.8 Å². The fraction of sp³-hybridized carbons (Fsp3) is 0.579. The van der Waals surface area contributed by atoms with E-state index in [0.29, 0.717) is 5.92 Å². The van der Waals surface area contributed by atoms with E-state index in [2.05, 4.69) is 30.5 Å². The minimum Gasteiger partial charge on any atom is -0.347 e. The maximum Gasteiger partial charge on any atom is 0.279 e. The number of anilines is 1. The molecule has 0 saturated heterocycles. The van der Waals surface area contributed by atoms with Gasteiger partial charge in [0.05, 0.1) is 7.05 Å². The third-order valence-electron chi connectivity index (χ3n) is 3.82.